The zero-order chi connectivity index (χ0) is 14.1. The van der Waals surface area contributed by atoms with Gasteiger partial charge in [0.15, 0.2) is 0 Å². The molecule has 116 valence electrons. The van der Waals surface area contributed by atoms with Crippen LogP contribution in [-0.2, 0) is 0 Å². The molecule has 0 heterocycles. The first-order valence-electron chi connectivity index (χ1n) is 9.15. The predicted octanol–water partition coefficient (Wildman–Crippen LogP) is 4.11. The van der Waals surface area contributed by atoms with Crippen molar-refractivity contribution in [1.82, 2.24) is 5.43 Å². The number of nitrogens with one attached hydrogen (secondary N) is 1. The van der Waals surface area contributed by atoms with E-state index in [1.807, 2.05) is 0 Å². The lowest BCUT2D eigenvalue weighted by Crippen LogP contribution is -2.54. The Labute approximate surface area is 125 Å². The van der Waals surface area contributed by atoms with Gasteiger partial charge in [0.05, 0.1) is 0 Å². The molecule has 3 aliphatic carbocycles. The largest absolute Gasteiger partial charge is 0.271 e. The minimum atomic E-state index is 0.593. The Balaban J connectivity index is 1.71. The highest BCUT2D eigenvalue weighted by Crippen LogP contribution is 2.49. The summed E-state index contributed by atoms with van der Waals surface area (Å²) in [5, 5.41) is 0. The van der Waals surface area contributed by atoms with E-state index in [9.17, 15) is 0 Å². The van der Waals surface area contributed by atoms with E-state index in [1.165, 1.54) is 57.8 Å². The van der Waals surface area contributed by atoms with Gasteiger partial charge >= 0.3 is 0 Å². The number of hydrazine groups is 1. The van der Waals surface area contributed by atoms with Crippen LogP contribution in [0.25, 0.3) is 0 Å². The highest BCUT2D eigenvalue weighted by atomic mass is 15.2. The zero-order valence-corrected chi connectivity index (χ0v) is 13.5. The van der Waals surface area contributed by atoms with Crippen molar-refractivity contribution in [2.45, 2.75) is 77.7 Å². The molecule has 0 radical (unpaired) electrons. The maximum atomic E-state index is 6.08. The molecule has 0 aromatic heterocycles. The molecule has 0 aromatic carbocycles. The zero-order valence-electron chi connectivity index (χ0n) is 13.5. The lowest BCUT2D eigenvalue weighted by molar-refractivity contribution is 0.0218. The van der Waals surface area contributed by atoms with E-state index in [4.69, 9.17) is 5.84 Å². The first-order chi connectivity index (χ1) is 9.69. The average Bonchev–Trinajstić information content (AvgIpc) is 2.23. The minimum absolute atomic E-state index is 0.593. The normalized spacial score (nSPS) is 37.5. The van der Waals surface area contributed by atoms with Crippen LogP contribution in [0.15, 0.2) is 0 Å². The van der Waals surface area contributed by atoms with E-state index in [1.54, 1.807) is 0 Å². The SMILES string of the molecule is CC1CC(C)CC(C(NN)C(C2CCC2)C2CCC2)C1. The van der Waals surface area contributed by atoms with Gasteiger partial charge in [-0.3, -0.25) is 11.3 Å². The molecular formula is C18H34N2. The number of nitrogens with two attached hydrogens (primary N) is 1. The summed E-state index contributed by atoms with van der Waals surface area (Å²) in [6, 6.07) is 0.593. The molecule has 0 aliphatic heterocycles. The van der Waals surface area contributed by atoms with Crippen LogP contribution in [0.1, 0.15) is 71.6 Å². The van der Waals surface area contributed by atoms with Crippen LogP contribution >= 0.6 is 0 Å². The van der Waals surface area contributed by atoms with Gasteiger partial charge in [-0.1, -0.05) is 52.4 Å². The third kappa shape index (κ3) is 2.92. The fraction of sp³-hybridized carbons (Fsp3) is 1.00. The summed E-state index contributed by atoms with van der Waals surface area (Å²) in [5.41, 5.74) is 3.31. The van der Waals surface area contributed by atoms with Crippen LogP contribution < -0.4 is 11.3 Å². The second-order valence-corrected chi connectivity index (χ2v) is 8.33. The molecule has 0 bridgehead atoms. The van der Waals surface area contributed by atoms with Gasteiger partial charge in [-0.15, -0.1) is 0 Å². The molecule has 3 fully saturated rings. The van der Waals surface area contributed by atoms with Gasteiger partial charge < -0.3 is 0 Å². The van der Waals surface area contributed by atoms with Crippen LogP contribution in [0, 0.1) is 35.5 Å². The van der Waals surface area contributed by atoms with Crippen molar-refractivity contribution in [3.05, 3.63) is 0 Å². The van der Waals surface area contributed by atoms with Gasteiger partial charge in [0.2, 0.25) is 0 Å². The second kappa shape index (κ2) is 6.36. The maximum absolute atomic E-state index is 6.08. The van der Waals surface area contributed by atoms with Crippen molar-refractivity contribution >= 4 is 0 Å². The monoisotopic (exact) mass is 278 g/mol. The first-order valence-corrected chi connectivity index (χ1v) is 9.15. The summed E-state index contributed by atoms with van der Waals surface area (Å²) in [5.74, 6) is 11.5. The molecule has 0 saturated heterocycles. The van der Waals surface area contributed by atoms with Gasteiger partial charge in [0, 0.05) is 6.04 Å². The molecule has 3 N–H and O–H groups in total. The predicted molar refractivity (Wildman–Crippen MR) is 85.0 cm³/mol. The van der Waals surface area contributed by atoms with Crippen LogP contribution in [0.3, 0.4) is 0 Å². The third-order valence-electron chi connectivity index (χ3n) is 6.72. The lowest BCUT2D eigenvalue weighted by Gasteiger charge is -2.50. The van der Waals surface area contributed by atoms with Crippen molar-refractivity contribution in [2.75, 3.05) is 0 Å². The number of hydrogen-bond donors (Lipinski definition) is 2. The van der Waals surface area contributed by atoms with Crippen molar-refractivity contribution in [1.29, 1.82) is 0 Å². The molecule has 0 spiro atoms. The molecule has 3 atom stereocenters. The number of rotatable bonds is 5. The highest BCUT2D eigenvalue weighted by molar-refractivity contribution is 4.96. The Morgan fingerprint density at radius 1 is 0.800 bits per heavy atom. The van der Waals surface area contributed by atoms with Gasteiger partial charge in [0.1, 0.15) is 0 Å². The summed E-state index contributed by atoms with van der Waals surface area (Å²) < 4.78 is 0. The number of hydrogen-bond acceptors (Lipinski definition) is 2. The second-order valence-electron chi connectivity index (χ2n) is 8.33. The summed E-state index contributed by atoms with van der Waals surface area (Å²) in [6.07, 6.45) is 13.0. The third-order valence-corrected chi connectivity index (χ3v) is 6.72. The maximum Gasteiger partial charge on any atom is 0.0272 e. The van der Waals surface area contributed by atoms with Crippen molar-refractivity contribution < 1.29 is 0 Å². The summed E-state index contributed by atoms with van der Waals surface area (Å²) in [4.78, 5) is 0. The Morgan fingerprint density at radius 3 is 1.65 bits per heavy atom. The Kier molecular flexibility index (Phi) is 4.72. The molecule has 2 heteroatoms. The lowest BCUT2D eigenvalue weighted by atomic mass is 9.58. The van der Waals surface area contributed by atoms with E-state index in [0.29, 0.717) is 6.04 Å². The summed E-state index contributed by atoms with van der Waals surface area (Å²) >= 11 is 0. The van der Waals surface area contributed by atoms with E-state index in [2.05, 4.69) is 19.3 Å². The first kappa shape index (κ1) is 14.8. The molecular weight excluding hydrogens is 244 g/mol. The van der Waals surface area contributed by atoms with Crippen LogP contribution in [0.4, 0.5) is 0 Å². The molecule has 3 saturated carbocycles. The molecule has 0 amide bonds. The van der Waals surface area contributed by atoms with Gasteiger partial charge in [0.25, 0.3) is 0 Å². The standard InChI is InChI=1S/C18H34N2/c1-12-9-13(2)11-16(10-12)18(20-19)17(14-5-3-6-14)15-7-4-8-15/h12-18,20H,3-11,19H2,1-2H3. The molecule has 3 rings (SSSR count). The van der Waals surface area contributed by atoms with E-state index < -0.39 is 0 Å². The van der Waals surface area contributed by atoms with E-state index in [0.717, 1.165) is 35.5 Å². The quantitative estimate of drug-likeness (QED) is 0.587. The van der Waals surface area contributed by atoms with E-state index in [-0.39, 0.29) is 0 Å². The van der Waals surface area contributed by atoms with Crippen LogP contribution in [-0.4, -0.2) is 6.04 Å². The molecule has 3 unspecified atom stereocenters. The smallest absolute Gasteiger partial charge is 0.0272 e. The molecule has 20 heavy (non-hydrogen) atoms. The van der Waals surface area contributed by atoms with Crippen LogP contribution in [0.2, 0.25) is 0 Å². The van der Waals surface area contributed by atoms with Crippen molar-refractivity contribution in [3.63, 3.8) is 0 Å². The summed E-state index contributed by atoms with van der Waals surface area (Å²) in [7, 11) is 0. The van der Waals surface area contributed by atoms with E-state index >= 15 is 0 Å². The fourth-order valence-electron chi connectivity index (χ4n) is 5.48. The van der Waals surface area contributed by atoms with Gasteiger partial charge in [-0.05, 0) is 54.8 Å². The Morgan fingerprint density at radius 2 is 1.30 bits per heavy atom. The van der Waals surface area contributed by atoms with Gasteiger partial charge in [-0.25, -0.2) is 0 Å². The van der Waals surface area contributed by atoms with Crippen molar-refractivity contribution in [3.8, 4) is 0 Å². The van der Waals surface area contributed by atoms with Crippen molar-refractivity contribution in [2.24, 2.45) is 41.4 Å². The Hall–Kier alpha value is -0.0800. The molecule has 0 aromatic rings. The Bertz CT molecular complexity index is 285. The topological polar surface area (TPSA) is 38.0 Å². The molecule has 3 aliphatic rings. The minimum Gasteiger partial charge on any atom is -0.271 e. The average molecular weight is 278 g/mol. The highest BCUT2D eigenvalue weighted by Gasteiger charge is 2.44. The summed E-state index contributed by atoms with van der Waals surface area (Å²) in [6.45, 7) is 4.88. The van der Waals surface area contributed by atoms with Gasteiger partial charge in [-0.2, -0.15) is 0 Å². The molecule has 2 nitrogen and oxygen atoms in total. The fourth-order valence-corrected chi connectivity index (χ4v) is 5.48. The van der Waals surface area contributed by atoms with Crippen LogP contribution in [0.5, 0.6) is 0 Å².